The minimum absolute atomic E-state index is 0.0221. The van der Waals surface area contributed by atoms with Gasteiger partial charge in [0.2, 0.25) is 5.91 Å². The lowest BCUT2D eigenvalue weighted by atomic mass is 10.1. The highest BCUT2D eigenvalue weighted by atomic mass is 32.2. The van der Waals surface area contributed by atoms with Crippen molar-refractivity contribution in [3.63, 3.8) is 0 Å². The second-order valence-electron chi connectivity index (χ2n) is 8.91. The van der Waals surface area contributed by atoms with Crippen molar-refractivity contribution in [3.8, 4) is 0 Å². The number of carbonyl (C=O) groups excluding carboxylic acids is 2. The lowest BCUT2D eigenvalue weighted by Gasteiger charge is -2.40. The van der Waals surface area contributed by atoms with Gasteiger partial charge in [-0.05, 0) is 49.7 Å². The number of hydrogen-bond acceptors (Lipinski definition) is 7. The Morgan fingerprint density at radius 2 is 1.89 bits per heavy atom. The van der Waals surface area contributed by atoms with Gasteiger partial charge in [0.05, 0.1) is 11.1 Å². The number of pyridine rings is 1. The highest BCUT2D eigenvalue weighted by Gasteiger charge is 2.29. The topological polar surface area (TPSA) is 119 Å². The van der Waals surface area contributed by atoms with Crippen LogP contribution in [0.5, 0.6) is 0 Å². The van der Waals surface area contributed by atoms with Gasteiger partial charge in [0.1, 0.15) is 17.8 Å². The predicted octanol–water partition coefficient (Wildman–Crippen LogP) is 4.13. The molecule has 0 radical (unpaired) electrons. The van der Waals surface area contributed by atoms with E-state index in [4.69, 9.17) is 0 Å². The summed E-state index contributed by atoms with van der Waals surface area (Å²) in [6, 6.07) is 10.7. The first-order valence-electron chi connectivity index (χ1n) is 12.0. The van der Waals surface area contributed by atoms with E-state index in [0.29, 0.717) is 31.0 Å². The van der Waals surface area contributed by atoms with Gasteiger partial charge in [0.15, 0.2) is 0 Å². The maximum absolute atomic E-state index is 13.1. The number of nitrogens with one attached hydrogen (secondary N) is 3. The monoisotopic (exact) mass is 516 g/mol. The summed E-state index contributed by atoms with van der Waals surface area (Å²) in [6.07, 6.45) is 6.91. The van der Waals surface area contributed by atoms with Crippen LogP contribution in [0, 0.1) is 6.92 Å². The number of amides is 3. The molecular weight excluding hydrogens is 488 g/mol. The van der Waals surface area contributed by atoms with Crippen LogP contribution >= 0.6 is 11.8 Å². The summed E-state index contributed by atoms with van der Waals surface area (Å²) in [6.45, 7) is 5.96. The van der Waals surface area contributed by atoms with Crippen molar-refractivity contribution < 1.29 is 9.59 Å². The van der Waals surface area contributed by atoms with Crippen LogP contribution in [0.4, 0.5) is 22.0 Å². The average molecular weight is 517 g/mol. The SMILES string of the molecule is Cc1c[nH]c2ncnc(N3CCN(C(=O)Nc4cccc(NC(=O)CSc5ccncc5)c4)[C@@H](C)C3)c12. The second-order valence-corrected chi connectivity index (χ2v) is 9.96. The Morgan fingerprint density at radius 1 is 1.11 bits per heavy atom. The van der Waals surface area contributed by atoms with E-state index in [1.807, 2.05) is 49.2 Å². The van der Waals surface area contributed by atoms with Gasteiger partial charge in [-0.3, -0.25) is 9.78 Å². The minimum Gasteiger partial charge on any atom is -0.352 e. The number of H-pyrrole nitrogens is 1. The summed E-state index contributed by atoms with van der Waals surface area (Å²) in [5.41, 5.74) is 3.17. The smallest absolute Gasteiger partial charge is 0.322 e. The van der Waals surface area contributed by atoms with Crippen LogP contribution < -0.4 is 15.5 Å². The van der Waals surface area contributed by atoms with Crippen molar-refractivity contribution in [2.24, 2.45) is 0 Å². The largest absolute Gasteiger partial charge is 0.352 e. The summed E-state index contributed by atoms with van der Waals surface area (Å²) in [5.74, 6) is 1.05. The van der Waals surface area contributed by atoms with Crippen molar-refractivity contribution in [1.82, 2.24) is 24.8 Å². The number of anilines is 3. The van der Waals surface area contributed by atoms with Crippen LogP contribution in [-0.2, 0) is 4.79 Å². The van der Waals surface area contributed by atoms with Gasteiger partial charge < -0.3 is 25.4 Å². The second kappa shape index (κ2) is 10.9. The van der Waals surface area contributed by atoms with Crippen molar-refractivity contribution in [2.75, 3.05) is 40.9 Å². The third-order valence-corrected chi connectivity index (χ3v) is 7.26. The van der Waals surface area contributed by atoms with Gasteiger partial charge in [-0.2, -0.15) is 0 Å². The Labute approximate surface area is 218 Å². The van der Waals surface area contributed by atoms with Gasteiger partial charge in [-0.15, -0.1) is 11.8 Å². The summed E-state index contributed by atoms with van der Waals surface area (Å²) in [5, 5.41) is 6.89. The molecule has 5 rings (SSSR count). The number of piperazine rings is 1. The summed E-state index contributed by atoms with van der Waals surface area (Å²) < 4.78 is 0. The fourth-order valence-corrected chi connectivity index (χ4v) is 5.12. The van der Waals surface area contributed by atoms with Gasteiger partial charge in [0.25, 0.3) is 0 Å². The number of hydrogen-bond donors (Lipinski definition) is 3. The molecular formula is C26H28N8O2S. The molecule has 1 aliphatic heterocycles. The highest BCUT2D eigenvalue weighted by Crippen LogP contribution is 2.28. The van der Waals surface area contributed by atoms with E-state index in [9.17, 15) is 9.59 Å². The quantitative estimate of drug-likeness (QED) is 0.330. The number of thioether (sulfide) groups is 1. The molecule has 1 fully saturated rings. The Balaban J connectivity index is 1.17. The van der Waals surface area contributed by atoms with E-state index in [1.165, 1.54) is 11.8 Å². The normalized spacial score (nSPS) is 15.6. The van der Waals surface area contributed by atoms with Gasteiger partial charge >= 0.3 is 6.03 Å². The summed E-state index contributed by atoms with van der Waals surface area (Å²) in [7, 11) is 0. The molecule has 0 saturated carbocycles. The fourth-order valence-electron chi connectivity index (χ4n) is 4.44. The van der Waals surface area contributed by atoms with E-state index in [1.54, 1.807) is 30.9 Å². The zero-order valence-corrected chi connectivity index (χ0v) is 21.5. The Hall–Kier alpha value is -4.12. The van der Waals surface area contributed by atoms with Crippen LogP contribution in [0.2, 0.25) is 0 Å². The molecule has 0 spiro atoms. The molecule has 0 aliphatic carbocycles. The molecule has 1 atom stereocenters. The minimum atomic E-state index is -0.172. The van der Waals surface area contributed by atoms with E-state index in [-0.39, 0.29) is 23.7 Å². The fraction of sp³-hybridized carbons (Fsp3) is 0.269. The van der Waals surface area contributed by atoms with E-state index < -0.39 is 0 Å². The maximum atomic E-state index is 13.1. The molecule has 4 aromatic rings. The standard InChI is InChI=1S/C26H28N8O2S/c1-17-13-28-24-23(17)25(30-16-29-24)33-10-11-34(18(2)14-33)26(36)32-20-5-3-4-19(12-20)31-22(35)15-37-21-6-8-27-9-7-21/h3-9,12-13,16,18H,10-11,14-15H2,1-2H3,(H,31,35)(H,32,36)(H,28,29,30)/t18-/m0/s1. The zero-order valence-electron chi connectivity index (χ0n) is 20.6. The zero-order chi connectivity index (χ0) is 25.8. The van der Waals surface area contributed by atoms with Gasteiger partial charge in [-0.1, -0.05) is 6.07 Å². The summed E-state index contributed by atoms with van der Waals surface area (Å²) in [4.78, 5) is 46.5. The van der Waals surface area contributed by atoms with Gasteiger partial charge in [-0.25, -0.2) is 14.8 Å². The molecule has 0 unspecified atom stereocenters. The number of rotatable bonds is 6. The molecule has 0 bridgehead atoms. The van der Waals surface area contributed by atoms with E-state index in [2.05, 4.69) is 35.5 Å². The van der Waals surface area contributed by atoms with Crippen LogP contribution in [0.25, 0.3) is 11.0 Å². The number of aromatic amines is 1. The first-order valence-corrected chi connectivity index (χ1v) is 13.0. The molecule has 1 saturated heterocycles. The van der Waals surface area contributed by atoms with Crippen LogP contribution in [0.3, 0.4) is 0 Å². The highest BCUT2D eigenvalue weighted by molar-refractivity contribution is 8.00. The van der Waals surface area contributed by atoms with Crippen molar-refractivity contribution >= 4 is 51.9 Å². The third kappa shape index (κ3) is 5.67. The van der Waals surface area contributed by atoms with Crippen LogP contribution in [0.1, 0.15) is 12.5 Å². The molecule has 37 heavy (non-hydrogen) atoms. The van der Waals surface area contributed by atoms with E-state index in [0.717, 1.165) is 27.3 Å². The summed E-state index contributed by atoms with van der Waals surface area (Å²) >= 11 is 1.44. The Morgan fingerprint density at radius 3 is 2.68 bits per heavy atom. The number of urea groups is 1. The molecule has 3 aromatic heterocycles. The number of benzene rings is 1. The average Bonchev–Trinajstić information content (AvgIpc) is 3.29. The predicted molar refractivity (Wildman–Crippen MR) is 146 cm³/mol. The van der Waals surface area contributed by atoms with Crippen molar-refractivity contribution in [3.05, 3.63) is 66.9 Å². The number of carbonyl (C=O) groups is 2. The molecule has 190 valence electrons. The lowest BCUT2D eigenvalue weighted by molar-refractivity contribution is -0.113. The molecule has 4 heterocycles. The van der Waals surface area contributed by atoms with Crippen molar-refractivity contribution in [1.29, 1.82) is 0 Å². The third-order valence-electron chi connectivity index (χ3n) is 6.25. The molecule has 3 amide bonds. The Kier molecular flexibility index (Phi) is 7.22. The Bertz CT molecular complexity index is 1410. The lowest BCUT2D eigenvalue weighted by Crippen LogP contribution is -2.55. The molecule has 1 aromatic carbocycles. The number of nitrogens with zero attached hydrogens (tertiary/aromatic N) is 5. The number of fused-ring (bicyclic) bond motifs is 1. The number of aryl methyl sites for hydroxylation is 1. The van der Waals surface area contributed by atoms with Gasteiger partial charge in [0, 0.05) is 60.5 Å². The van der Waals surface area contributed by atoms with Crippen molar-refractivity contribution in [2.45, 2.75) is 24.8 Å². The van der Waals surface area contributed by atoms with Crippen LogP contribution in [0.15, 0.2) is 66.2 Å². The van der Waals surface area contributed by atoms with E-state index >= 15 is 0 Å². The molecule has 3 N–H and O–H groups in total. The van der Waals surface area contributed by atoms with Crippen LogP contribution in [-0.4, -0.2) is 68.2 Å². The number of aromatic nitrogens is 4. The molecule has 10 nitrogen and oxygen atoms in total. The molecule has 11 heteroatoms. The first kappa shape index (κ1) is 24.6. The first-order chi connectivity index (χ1) is 18.0. The maximum Gasteiger partial charge on any atom is 0.322 e. The molecule has 1 aliphatic rings.